The molecule has 0 aromatic carbocycles. The molecule has 0 aliphatic carbocycles. The van der Waals surface area contributed by atoms with Gasteiger partial charge >= 0.3 is 0 Å². The molecule has 0 aliphatic rings. The average Bonchev–Trinajstić information content (AvgIpc) is 2.66. The Bertz CT molecular complexity index is 436. The first-order valence-electron chi connectivity index (χ1n) is 4.37. The second-order valence-electron chi connectivity index (χ2n) is 3.13. The molecule has 2 aromatic rings. The van der Waals surface area contributed by atoms with E-state index in [1.807, 2.05) is 19.2 Å². The van der Waals surface area contributed by atoms with Crippen molar-refractivity contribution in [3.63, 3.8) is 0 Å². The monoisotopic (exact) mass is 189 g/mol. The third kappa shape index (κ3) is 1.65. The molecule has 14 heavy (non-hydrogen) atoms. The zero-order chi connectivity index (χ0) is 9.97. The van der Waals surface area contributed by atoms with E-state index in [2.05, 4.69) is 10.1 Å². The first-order valence-corrected chi connectivity index (χ1v) is 4.37. The van der Waals surface area contributed by atoms with Gasteiger partial charge in [0.2, 0.25) is 0 Å². The quantitative estimate of drug-likeness (QED) is 0.768. The van der Waals surface area contributed by atoms with Crippen LogP contribution < -0.4 is 0 Å². The van der Waals surface area contributed by atoms with E-state index in [9.17, 15) is 0 Å². The lowest BCUT2D eigenvalue weighted by atomic mass is 10.3. The molecule has 2 heterocycles. The molecule has 1 N–H and O–H groups in total. The molecule has 0 bridgehead atoms. The fourth-order valence-electron chi connectivity index (χ4n) is 1.25. The smallest absolute Gasteiger partial charge is 0.0883 e. The van der Waals surface area contributed by atoms with Crippen molar-refractivity contribution in [2.75, 3.05) is 0 Å². The minimum atomic E-state index is -0.0355. The van der Waals surface area contributed by atoms with Crippen molar-refractivity contribution in [2.45, 2.75) is 13.5 Å². The number of rotatable bonds is 2. The molecular weight excluding hydrogens is 178 g/mol. The van der Waals surface area contributed by atoms with Crippen molar-refractivity contribution >= 4 is 0 Å². The Hall–Kier alpha value is -1.68. The lowest BCUT2D eigenvalue weighted by Gasteiger charge is -2.00. The van der Waals surface area contributed by atoms with E-state index in [4.69, 9.17) is 5.11 Å². The maximum atomic E-state index is 8.86. The summed E-state index contributed by atoms with van der Waals surface area (Å²) < 4.78 is 1.70. The van der Waals surface area contributed by atoms with Gasteiger partial charge in [0.1, 0.15) is 0 Å². The molecule has 72 valence electrons. The summed E-state index contributed by atoms with van der Waals surface area (Å²) in [5.74, 6) is 0. The van der Waals surface area contributed by atoms with Crippen LogP contribution in [-0.2, 0) is 6.61 Å². The highest BCUT2D eigenvalue weighted by Gasteiger charge is 2.00. The van der Waals surface area contributed by atoms with Crippen LogP contribution in [-0.4, -0.2) is 19.9 Å². The van der Waals surface area contributed by atoms with Crippen LogP contribution in [0.2, 0.25) is 0 Å². The van der Waals surface area contributed by atoms with Crippen LogP contribution in [0.25, 0.3) is 5.69 Å². The Morgan fingerprint density at radius 2 is 2.29 bits per heavy atom. The summed E-state index contributed by atoms with van der Waals surface area (Å²) in [7, 11) is 0. The van der Waals surface area contributed by atoms with E-state index in [1.54, 1.807) is 23.1 Å². The molecule has 4 heteroatoms. The highest BCUT2D eigenvalue weighted by molar-refractivity contribution is 5.30. The fourth-order valence-corrected chi connectivity index (χ4v) is 1.25. The zero-order valence-corrected chi connectivity index (χ0v) is 7.88. The van der Waals surface area contributed by atoms with Gasteiger partial charge in [0, 0.05) is 12.4 Å². The Balaban J connectivity index is 2.39. The van der Waals surface area contributed by atoms with Gasteiger partial charge in [-0.05, 0) is 24.6 Å². The number of aliphatic hydroxyl groups is 1. The van der Waals surface area contributed by atoms with Crippen molar-refractivity contribution < 1.29 is 5.11 Å². The number of aliphatic hydroxyl groups excluding tert-OH is 1. The minimum absolute atomic E-state index is 0.0355. The summed E-state index contributed by atoms with van der Waals surface area (Å²) in [4.78, 5) is 4.07. The summed E-state index contributed by atoms with van der Waals surface area (Å²) in [6, 6.07) is 3.77. The van der Waals surface area contributed by atoms with Crippen LogP contribution in [0.4, 0.5) is 0 Å². The largest absolute Gasteiger partial charge is 0.390 e. The summed E-state index contributed by atoms with van der Waals surface area (Å²) in [5.41, 5.74) is 2.65. The van der Waals surface area contributed by atoms with Gasteiger partial charge in [-0.1, -0.05) is 0 Å². The molecule has 4 nitrogen and oxygen atoms in total. The number of hydrogen-bond donors (Lipinski definition) is 1. The zero-order valence-electron chi connectivity index (χ0n) is 7.88. The topological polar surface area (TPSA) is 50.9 Å². The van der Waals surface area contributed by atoms with Gasteiger partial charge in [0.25, 0.3) is 0 Å². The molecule has 0 aliphatic heterocycles. The van der Waals surface area contributed by atoms with E-state index >= 15 is 0 Å². The van der Waals surface area contributed by atoms with Crippen LogP contribution in [0.3, 0.4) is 0 Å². The van der Waals surface area contributed by atoms with E-state index in [-0.39, 0.29) is 6.61 Å². The van der Waals surface area contributed by atoms with Crippen molar-refractivity contribution in [1.29, 1.82) is 0 Å². The highest BCUT2D eigenvalue weighted by Crippen LogP contribution is 2.07. The molecule has 0 atom stereocenters. The number of hydrogen-bond acceptors (Lipinski definition) is 3. The predicted molar refractivity (Wildman–Crippen MR) is 52.0 cm³/mol. The number of aryl methyl sites for hydroxylation is 1. The van der Waals surface area contributed by atoms with E-state index in [1.165, 1.54) is 0 Å². The predicted octanol–water partition coefficient (Wildman–Crippen LogP) is 1.07. The number of nitrogens with zero attached hydrogens (tertiary/aromatic N) is 3. The van der Waals surface area contributed by atoms with Crippen molar-refractivity contribution in [1.82, 2.24) is 14.8 Å². The summed E-state index contributed by atoms with van der Waals surface area (Å²) in [6.45, 7) is 1.94. The second-order valence-corrected chi connectivity index (χ2v) is 3.13. The average molecular weight is 189 g/mol. The molecule has 0 saturated carbocycles. The molecule has 2 rings (SSSR count). The van der Waals surface area contributed by atoms with E-state index in [0.717, 1.165) is 11.3 Å². The van der Waals surface area contributed by atoms with Gasteiger partial charge in [-0.3, -0.25) is 4.98 Å². The maximum Gasteiger partial charge on any atom is 0.0883 e. The first-order chi connectivity index (χ1) is 6.79. The first kappa shape index (κ1) is 8.90. The van der Waals surface area contributed by atoms with Gasteiger partial charge in [-0.15, -0.1) is 0 Å². The van der Waals surface area contributed by atoms with E-state index in [0.29, 0.717) is 5.69 Å². The second kappa shape index (κ2) is 3.59. The molecule has 0 fully saturated rings. The van der Waals surface area contributed by atoms with Crippen LogP contribution in [0.15, 0.2) is 30.7 Å². The van der Waals surface area contributed by atoms with Crippen molar-refractivity contribution in [3.8, 4) is 5.69 Å². The molecule has 0 saturated heterocycles. The third-order valence-electron chi connectivity index (χ3n) is 1.93. The van der Waals surface area contributed by atoms with E-state index < -0.39 is 0 Å². The normalized spacial score (nSPS) is 10.4. The standard InChI is InChI=1S/C10H11N3O/c1-8-4-10(6-11-5-8)13-3-2-9(7-14)12-13/h2-6,14H,7H2,1H3. The lowest BCUT2D eigenvalue weighted by molar-refractivity contribution is 0.276. The van der Waals surface area contributed by atoms with Crippen molar-refractivity contribution in [2.24, 2.45) is 0 Å². The van der Waals surface area contributed by atoms with Gasteiger partial charge in [0.15, 0.2) is 0 Å². The SMILES string of the molecule is Cc1cncc(-n2ccc(CO)n2)c1. The van der Waals surface area contributed by atoms with Crippen LogP contribution >= 0.6 is 0 Å². The number of pyridine rings is 1. The van der Waals surface area contributed by atoms with Crippen LogP contribution in [0.1, 0.15) is 11.3 Å². The molecular formula is C10H11N3O. The lowest BCUT2D eigenvalue weighted by Crippen LogP contribution is -1.97. The third-order valence-corrected chi connectivity index (χ3v) is 1.93. The van der Waals surface area contributed by atoms with Gasteiger partial charge in [0.05, 0.1) is 24.2 Å². The molecule has 0 radical (unpaired) electrons. The Morgan fingerprint density at radius 3 is 2.93 bits per heavy atom. The van der Waals surface area contributed by atoms with Gasteiger partial charge in [-0.25, -0.2) is 4.68 Å². The maximum absolute atomic E-state index is 8.86. The Morgan fingerprint density at radius 1 is 1.43 bits per heavy atom. The fraction of sp³-hybridized carbons (Fsp3) is 0.200. The highest BCUT2D eigenvalue weighted by atomic mass is 16.3. The molecule has 0 unspecified atom stereocenters. The molecule has 2 aromatic heterocycles. The van der Waals surface area contributed by atoms with Crippen molar-refractivity contribution in [3.05, 3.63) is 42.0 Å². The minimum Gasteiger partial charge on any atom is -0.390 e. The van der Waals surface area contributed by atoms with Gasteiger partial charge in [-0.2, -0.15) is 5.10 Å². The van der Waals surface area contributed by atoms with Crippen LogP contribution in [0.5, 0.6) is 0 Å². The Kier molecular flexibility index (Phi) is 2.28. The summed E-state index contributed by atoms with van der Waals surface area (Å²) >= 11 is 0. The number of aromatic nitrogens is 3. The summed E-state index contributed by atoms with van der Waals surface area (Å²) in [6.07, 6.45) is 5.34. The molecule has 0 spiro atoms. The van der Waals surface area contributed by atoms with Gasteiger partial charge < -0.3 is 5.11 Å². The molecule has 0 amide bonds. The van der Waals surface area contributed by atoms with Crippen LogP contribution in [0, 0.1) is 6.92 Å². The Labute approximate surface area is 81.8 Å². The summed E-state index contributed by atoms with van der Waals surface area (Å²) in [5, 5.41) is 13.0.